The van der Waals surface area contributed by atoms with Crippen LogP contribution in [0.2, 0.25) is 0 Å². The van der Waals surface area contributed by atoms with E-state index in [0.29, 0.717) is 11.8 Å². The van der Waals surface area contributed by atoms with Crippen LogP contribution in [0, 0.1) is 6.92 Å². The Bertz CT molecular complexity index is 654. The van der Waals surface area contributed by atoms with E-state index >= 15 is 0 Å². The van der Waals surface area contributed by atoms with E-state index < -0.39 is 0 Å². The Hall–Kier alpha value is -1.80. The third kappa shape index (κ3) is 7.31. The molecule has 1 heterocycles. The molecule has 0 aliphatic carbocycles. The van der Waals surface area contributed by atoms with Crippen molar-refractivity contribution in [3.63, 3.8) is 0 Å². The highest BCUT2D eigenvalue weighted by molar-refractivity contribution is 5.29. The minimum absolute atomic E-state index is 0.0433. The molecular weight excluding hydrogens is 344 g/mol. The van der Waals surface area contributed by atoms with Crippen molar-refractivity contribution in [3.05, 3.63) is 65.2 Å². The van der Waals surface area contributed by atoms with Gasteiger partial charge in [-0.2, -0.15) is 0 Å². The zero-order valence-electron chi connectivity index (χ0n) is 18.4. The van der Waals surface area contributed by atoms with Crippen LogP contribution in [0.1, 0.15) is 88.3 Å². The Morgan fingerprint density at radius 3 is 1.86 bits per heavy atom. The molecule has 2 aromatic carbocycles. The number of hydrogen-bond donors (Lipinski definition) is 0. The summed E-state index contributed by atoms with van der Waals surface area (Å²) in [6, 6.07) is 17.2. The number of aryl methyl sites for hydroxylation is 1. The van der Waals surface area contributed by atoms with E-state index in [9.17, 15) is 0 Å². The molecule has 0 spiro atoms. The Morgan fingerprint density at radius 2 is 1.39 bits per heavy atom. The molecule has 0 radical (unpaired) electrons. The van der Waals surface area contributed by atoms with Crippen molar-refractivity contribution in [3.8, 4) is 5.75 Å². The van der Waals surface area contributed by atoms with Crippen LogP contribution in [0.25, 0.3) is 0 Å². The van der Waals surface area contributed by atoms with Gasteiger partial charge in [0.25, 0.3) is 0 Å². The molecule has 1 saturated heterocycles. The molecule has 2 heteroatoms. The maximum Gasteiger partial charge on any atom is 0.199 e. The molecule has 1 aliphatic heterocycles. The maximum atomic E-state index is 5.80. The first-order valence-corrected chi connectivity index (χ1v) is 11.0. The fraction of sp³-hybridized carbons (Fsp3) is 0.538. The summed E-state index contributed by atoms with van der Waals surface area (Å²) < 4.78 is 11.4. The molecule has 3 atom stereocenters. The Morgan fingerprint density at radius 1 is 0.857 bits per heavy atom. The summed E-state index contributed by atoms with van der Waals surface area (Å²) in [5.41, 5.74) is 4.18. The zero-order valence-corrected chi connectivity index (χ0v) is 18.4. The topological polar surface area (TPSA) is 18.5 Å². The second-order valence-electron chi connectivity index (χ2n) is 8.01. The number of ether oxygens (including phenoxy) is 2. The molecule has 0 N–H and O–H groups in total. The van der Waals surface area contributed by atoms with Crippen LogP contribution in [0.15, 0.2) is 48.5 Å². The number of benzene rings is 2. The fourth-order valence-electron chi connectivity index (χ4n) is 3.20. The van der Waals surface area contributed by atoms with Crippen molar-refractivity contribution >= 4 is 0 Å². The van der Waals surface area contributed by atoms with E-state index in [0.717, 1.165) is 25.2 Å². The summed E-state index contributed by atoms with van der Waals surface area (Å²) in [6.07, 6.45) is 5.73. The zero-order chi connectivity index (χ0) is 20.4. The molecule has 0 saturated carbocycles. The largest absolute Gasteiger partial charge is 0.465 e. The smallest absolute Gasteiger partial charge is 0.199 e. The molecule has 2 aromatic rings. The first kappa shape index (κ1) is 22.5. The summed E-state index contributed by atoms with van der Waals surface area (Å²) in [5, 5.41) is 0. The van der Waals surface area contributed by atoms with Crippen LogP contribution in [-0.4, -0.2) is 12.9 Å². The normalized spacial score (nSPS) is 18.5. The summed E-state index contributed by atoms with van der Waals surface area (Å²) in [5.74, 6) is 2.24. The monoisotopic (exact) mass is 382 g/mol. The highest BCUT2D eigenvalue weighted by atomic mass is 16.7. The summed E-state index contributed by atoms with van der Waals surface area (Å²) in [6.45, 7) is 11.9. The molecule has 28 heavy (non-hydrogen) atoms. The molecule has 0 bridgehead atoms. The van der Waals surface area contributed by atoms with Gasteiger partial charge >= 0.3 is 0 Å². The first-order chi connectivity index (χ1) is 13.5. The average Bonchev–Trinajstić information content (AvgIpc) is 2.75. The molecule has 154 valence electrons. The van der Waals surface area contributed by atoms with E-state index in [-0.39, 0.29) is 6.29 Å². The van der Waals surface area contributed by atoms with Crippen molar-refractivity contribution < 1.29 is 9.47 Å². The molecule has 0 aromatic heterocycles. The molecule has 1 aliphatic rings. The van der Waals surface area contributed by atoms with Crippen LogP contribution in [0.5, 0.6) is 5.75 Å². The summed E-state index contributed by atoms with van der Waals surface area (Å²) >= 11 is 0. The van der Waals surface area contributed by atoms with Crippen molar-refractivity contribution in [1.82, 2.24) is 0 Å². The van der Waals surface area contributed by atoms with Crippen LogP contribution < -0.4 is 4.74 Å². The average molecular weight is 383 g/mol. The van der Waals surface area contributed by atoms with E-state index in [2.05, 4.69) is 83.1 Å². The Labute approximate surface area is 172 Å². The van der Waals surface area contributed by atoms with Crippen molar-refractivity contribution in [2.24, 2.45) is 0 Å². The highest BCUT2D eigenvalue weighted by Crippen LogP contribution is 2.24. The van der Waals surface area contributed by atoms with Gasteiger partial charge in [0.1, 0.15) is 5.75 Å². The van der Waals surface area contributed by atoms with Crippen molar-refractivity contribution in [2.45, 2.75) is 84.8 Å². The van der Waals surface area contributed by atoms with Crippen LogP contribution >= 0.6 is 0 Å². The third-order valence-electron chi connectivity index (χ3n) is 5.73. The maximum absolute atomic E-state index is 5.80. The SMILES string of the molecule is CCC(C)c1ccc(C)cc1.CCC(C)c1ccc(OC2CCCCO2)cc1. The van der Waals surface area contributed by atoms with Gasteiger partial charge in [-0.05, 0) is 67.7 Å². The van der Waals surface area contributed by atoms with Crippen molar-refractivity contribution in [2.75, 3.05) is 6.61 Å². The van der Waals surface area contributed by atoms with Gasteiger partial charge in [-0.25, -0.2) is 0 Å². The molecule has 0 amide bonds. The van der Waals surface area contributed by atoms with E-state index in [1.165, 1.54) is 36.0 Å². The summed E-state index contributed by atoms with van der Waals surface area (Å²) in [7, 11) is 0. The van der Waals surface area contributed by atoms with Crippen LogP contribution in [0.3, 0.4) is 0 Å². The standard InChI is InChI=1S/C15H22O2.C11H16/c1-3-12(2)13-7-9-14(10-8-13)17-15-6-4-5-11-16-15;1-4-10(3)11-7-5-9(2)6-8-11/h7-10,12,15H,3-6,11H2,1-2H3;5-8,10H,4H2,1-3H3. The summed E-state index contributed by atoms with van der Waals surface area (Å²) in [4.78, 5) is 0. The Balaban J connectivity index is 0.000000221. The fourth-order valence-corrected chi connectivity index (χ4v) is 3.20. The van der Waals surface area contributed by atoms with Gasteiger partial charge in [0.05, 0.1) is 6.61 Å². The van der Waals surface area contributed by atoms with Gasteiger partial charge < -0.3 is 9.47 Å². The third-order valence-corrected chi connectivity index (χ3v) is 5.73. The lowest BCUT2D eigenvalue weighted by Crippen LogP contribution is -2.24. The van der Waals surface area contributed by atoms with E-state index in [4.69, 9.17) is 9.47 Å². The minimum atomic E-state index is -0.0433. The van der Waals surface area contributed by atoms with Gasteiger partial charge in [-0.1, -0.05) is 69.7 Å². The molecule has 1 fully saturated rings. The quantitative estimate of drug-likeness (QED) is 0.511. The van der Waals surface area contributed by atoms with Gasteiger partial charge in [-0.15, -0.1) is 0 Å². The second-order valence-corrected chi connectivity index (χ2v) is 8.01. The Kier molecular flexibility index (Phi) is 9.57. The van der Waals surface area contributed by atoms with E-state index in [1.54, 1.807) is 0 Å². The lowest BCUT2D eigenvalue weighted by Gasteiger charge is -2.23. The predicted molar refractivity (Wildman–Crippen MR) is 119 cm³/mol. The predicted octanol–water partition coefficient (Wildman–Crippen LogP) is 7.61. The lowest BCUT2D eigenvalue weighted by molar-refractivity contribution is -0.105. The van der Waals surface area contributed by atoms with Gasteiger partial charge in [0.2, 0.25) is 0 Å². The number of rotatable bonds is 6. The molecular formula is C26H38O2. The first-order valence-electron chi connectivity index (χ1n) is 11.0. The van der Waals surface area contributed by atoms with Crippen molar-refractivity contribution in [1.29, 1.82) is 0 Å². The lowest BCUT2D eigenvalue weighted by atomic mass is 9.98. The second kappa shape index (κ2) is 11.9. The number of hydrogen-bond acceptors (Lipinski definition) is 2. The highest BCUT2D eigenvalue weighted by Gasteiger charge is 2.15. The molecule has 3 unspecified atom stereocenters. The molecule has 2 nitrogen and oxygen atoms in total. The van der Waals surface area contributed by atoms with Crippen LogP contribution in [-0.2, 0) is 4.74 Å². The molecule has 3 rings (SSSR count). The minimum Gasteiger partial charge on any atom is -0.465 e. The van der Waals surface area contributed by atoms with Crippen LogP contribution in [0.4, 0.5) is 0 Å². The van der Waals surface area contributed by atoms with Gasteiger partial charge in [0.15, 0.2) is 6.29 Å². The van der Waals surface area contributed by atoms with Gasteiger partial charge in [-0.3, -0.25) is 0 Å². The van der Waals surface area contributed by atoms with E-state index in [1.807, 2.05) is 0 Å². The van der Waals surface area contributed by atoms with Gasteiger partial charge in [0, 0.05) is 6.42 Å².